The van der Waals surface area contributed by atoms with Crippen LogP contribution in [0.15, 0.2) is 0 Å². The molecule has 0 aliphatic carbocycles. The van der Waals surface area contributed by atoms with Gasteiger partial charge in [-0.1, -0.05) is 0 Å². The molecule has 9 nitrogen and oxygen atoms in total. The van der Waals surface area contributed by atoms with Crippen LogP contribution in [0, 0.1) is 0 Å². The van der Waals surface area contributed by atoms with Gasteiger partial charge < -0.3 is 0 Å². The minimum absolute atomic E-state index is 0.0294. The molecule has 0 bridgehead atoms. The van der Waals surface area contributed by atoms with Crippen LogP contribution in [0.2, 0.25) is 16.0 Å². The van der Waals surface area contributed by atoms with E-state index in [1.807, 2.05) is 0 Å². The van der Waals surface area contributed by atoms with E-state index in [0.717, 1.165) is 0 Å². The van der Waals surface area contributed by atoms with Crippen molar-refractivity contribution in [2.24, 2.45) is 0 Å². The number of aliphatic hydroxyl groups is 5. The molecular weight excluding hydrogens is 363 g/mol. The molecule has 20 heavy (non-hydrogen) atoms. The average molecular weight is 381 g/mol. The monoisotopic (exact) mass is 382 g/mol. The molecule has 1 radical (unpaired) electrons. The third kappa shape index (κ3) is 5.52. The zero-order chi connectivity index (χ0) is 15.5. The van der Waals surface area contributed by atoms with Gasteiger partial charge in [-0.3, -0.25) is 0 Å². The van der Waals surface area contributed by atoms with Gasteiger partial charge in [0.2, 0.25) is 0 Å². The van der Waals surface area contributed by atoms with Gasteiger partial charge in [0, 0.05) is 0 Å². The normalized spacial score (nSPS) is 32.0. The predicted molar refractivity (Wildman–Crippen MR) is 65.9 cm³/mol. The molecule has 1 heterocycles. The van der Waals surface area contributed by atoms with Gasteiger partial charge in [0.05, 0.1) is 0 Å². The van der Waals surface area contributed by atoms with E-state index in [2.05, 4.69) is 4.18 Å². The van der Waals surface area contributed by atoms with Gasteiger partial charge in [0.25, 0.3) is 0 Å². The van der Waals surface area contributed by atoms with Crippen LogP contribution in [0.25, 0.3) is 0 Å². The van der Waals surface area contributed by atoms with E-state index in [-0.39, 0.29) is 16.0 Å². The molecule has 1 unspecified atom stereocenters. The summed E-state index contributed by atoms with van der Waals surface area (Å²) in [6.45, 7) is -0.852. The molecule has 5 atom stereocenters. The summed E-state index contributed by atoms with van der Waals surface area (Å²) in [5.74, 6) is 0. The summed E-state index contributed by atoms with van der Waals surface area (Å²) in [4.78, 5) is 0. The minimum atomic E-state index is -5.05. The van der Waals surface area contributed by atoms with Crippen molar-refractivity contribution in [2.45, 2.75) is 46.5 Å². The number of hydrogen-bond donors (Lipinski definition) is 5. The zero-order valence-corrected chi connectivity index (χ0v) is 12.9. The Kier molecular flexibility index (Phi) is 6.80. The summed E-state index contributed by atoms with van der Waals surface area (Å²) in [5.41, 5.74) is 0. The molecule has 1 aliphatic rings. The van der Waals surface area contributed by atoms with Gasteiger partial charge in [-0.15, -0.1) is 0 Å². The molecule has 0 aromatic heterocycles. The molecule has 0 aromatic rings. The van der Waals surface area contributed by atoms with E-state index >= 15 is 0 Å². The standard InChI is InChI=1S/C9H19O9SSe/c10-1-8(18-19(15,16)17)5(11)2-20-3-6(12)9(14)7(13)4-20/h5-14H,1-4H2,(H,15,16,17)/p-1/t5-,6-,7+,8+,9?/m1/s1. The van der Waals surface area contributed by atoms with E-state index in [4.69, 9.17) is 5.11 Å². The van der Waals surface area contributed by atoms with Crippen LogP contribution in [0.3, 0.4) is 0 Å². The van der Waals surface area contributed by atoms with Gasteiger partial charge in [0.15, 0.2) is 0 Å². The first-order chi connectivity index (χ1) is 9.14. The molecule has 1 fully saturated rings. The van der Waals surface area contributed by atoms with Crippen molar-refractivity contribution in [1.82, 2.24) is 0 Å². The van der Waals surface area contributed by atoms with Crippen molar-refractivity contribution in [3.05, 3.63) is 0 Å². The van der Waals surface area contributed by atoms with Gasteiger partial charge in [0.1, 0.15) is 0 Å². The van der Waals surface area contributed by atoms with Crippen LogP contribution in [-0.2, 0) is 14.6 Å². The first-order valence-corrected chi connectivity index (χ1v) is 10.7. The average Bonchev–Trinajstić information content (AvgIpc) is 2.31. The molecule has 11 heteroatoms. The van der Waals surface area contributed by atoms with Gasteiger partial charge in [-0.25, -0.2) is 0 Å². The van der Waals surface area contributed by atoms with Crippen molar-refractivity contribution in [2.75, 3.05) is 6.61 Å². The van der Waals surface area contributed by atoms with Crippen molar-refractivity contribution in [3.63, 3.8) is 0 Å². The summed E-state index contributed by atoms with van der Waals surface area (Å²) >= 11 is -1.73. The third-order valence-corrected chi connectivity index (χ3v) is 8.46. The molecule has 5 N–H and O–H groups in total. The Balaban J connectivity index is 2.58. The Hall–Kier alpha value is 0.189. The fourth-order valence-corrected chi connectivity index (χ4v) is 7.52. The van der Waals surface area contributed by atoms with Gasteiger partial charge in [-0.05, 0) is 0 Å². The second kappa shape index (κ2) is 7.45. The third-order valence-electron chi connectivity index (χ3n) is 2.86. The van der Waals surface area contributed by atoms with Crippen LogP contribution < -0.4 is 0 Å². The molecule has 0 saturated carbocycles. The Morgan fingerprint density at radius 3 is 2.15 bits per heavy atom. The van der Waals surface area contributed by atoms with E-state index in [1.54, 1.807) is 0 Å². The summed E-state index contributed by atoms with van der Waals surface area (Å²) < 4.78 is 35.4. The van der Waals surface area contributed by atoms with E-state index in [9.17, 15) is 33.4 Å². The Morgan fingerprint density at radius 2 is 1.75 bits per heavy atom. The molecule has 1 aliphatic heterocycles. The first-order valence-electron chi connectivity index (χ1n) is 5.75. The zero-order valence-electron chi connectivity index (χ0n) is 10.4. The number of aliphatic hydroxyl groups excluding tert-OH is 5. The van der Waals surface area contributed by atoms with E-state index < -0.39 is 61.4 Å². The fourth-order valence-electron chi connectivity index (χ4n) is 1.86. The quantitative estimate of drug-likeness (QED) is 0.181. The van der Waals surface area contributed by atoms with Crippen molar-refractivity contribution in [3.8, 4) is 0 Å². The van der Waals surface area contributed by atoms with Crippen LogP contribution in [0.4, 0.5) is 0 Å². The van der Waals surface area contributed by atoms with E-state index in [0.29, 0.717) is 0 Å². The van der Waals surface area contributed by atoms with Crippen LogP contribution >= 0.6 is 0 Å². The Bertz CT molecular complexity index is 390. The van der Waals surface area contributed by atoms with Crippen LogP contribution in [-0.4, -0.2) is 89.5 Å². The van der Waals surface area contributed by atoms with Gasteiger partial charge >= 0.3 is 120 Å². The summed E-state index contributed by atoms with van der Waals surface area (Å²) in [5, 5.41) is 47.6. The Labute approximate surface area is 120 Å². The molecule has 0 aromatic carbocycles. The fraction of sp³-hybridized carbons (Fsp3) is 1.00. The van der Waals surface area contributed by atoms with Crippen molar-refractivity contribution < 1.29 is 42.7 Å². The Morgan fingerprint density at radius 1 is 1.25 bits per heavy atom. The van der Waals surface area contributed by atoms with Crippen molar-refractivity contribution in [1.29, 1.82) is 0 Å². The summed E-state index contributed by atoms with van der Waals surface area (Å²) in [7, 11) is -5.05. The first kappa shape index (κ1) is 18.2. The number of hydrogen-bond acceptors (Lipinski definition) is 9. The molecule has 121 valence electrons. The molecular formula is C9H18O9SSe-. The van der Waals surface area contributed by atoms with Crippen LogP contribution in [0.1, 0.15) is 0 Å². The topological polar surface area (TPSA) is 168 Å². The van der Waals surface area contributed by atoms with E-state index in [1.165, 1.54) is 0 Å². The van der Waals surface area contributed by atoms with Crippen LogP contribution in [0.5, 0.6) is 0 Å². The van der Waals surface area contributed by atoms with Crippen molar-refractivity contribution >= 4 is 24.3 Å². The second-order valence-electron chi connectivity index (χ2n) is 4.53. The maximum absolute atomic E-state index is 10.4. The maximum atomic E-state index is 10.4. The molecule has 0 spiro atoms. The SMILES string of the molecule is O=S(=O)([O-])O[C@@H](CO)[C@H](O)C[Se]1C[C@@H](O)C(O)[C@@H](O)C1. The predicted octanol–water partition coefficient (Wildman–Crippen LogP) is -3.22. The summed E-state index contributed by atoms with van der Waals surface area (Å²) in [6.07, 6.45) is -6.41. The second-order valence-corrected chi connectivity index (χ2v) is 10.2. The number of rotatable bonds is 6. The van der Waals surface area contributed by atoms with Gasteiger partial charge in [-0.2, -0.15) is 0 Å². The summed E-state index contributed by atoms with van der Waals surface area (Å²) in [6, 6.07) is 0. The molecule has 1 rings (SSSR count). The molecule has 1 saturated heterocycles. The molecule has 0 amide bonds.